The van der Waals surface area contributed by atoms with Crippen LogP contribution >= 0.6 is 0 Å². The van der Waals surface area contributed by atoms with Crippen LogP contribution in [0.5, 0.6) is 0 Å². The summed E-state index contributed by atoms with van der Waals surface area (Å²) >= 11 is 0. The van der Waals surface area contributed by atoms with E-state index in [1.807, 2.05) is 42.5 Å². The molecule has 0 aliphatic heterocycles. The number of nitrogen functional groups attached to an aromatic ring is 1. The minimum Gasteiger partial charge on any atom is -0.383 e. The predicted octanol–water partition coefficient (Wildman–Crippen LogP) is 3.89. The van der Waals surface area contributed by atoms with Crippen LogP contribution in [0.15, 0.2) is 84.0 Å². The van der Waals surface area contributed by atoms with Crippen LogP contribution in [0, 0.1) is 10.1 Å². The van der Waals surface area contributed by atoms with Crippen molar-refractivity contribution in [2.24, 2.45) is 5.10 Å². The first kappa shape index (κ1) is 21.7. The molecule has 0 fully saturated rings. The van der Waals surface area contributed by atoms with Gasteiger partial charge in [0.1, 0.15) is 16.9 Å². The quantitative estimate of drug-likeness (QED) is 0.221. The lowest BCUT2D eigenvalue weighted by Crippen LogP contribution is -2.23. The fourth-order valence-electron chi connectivity index (χ4n) is 3.70. The van der Waals surface area contributed by atoms with E-state index in [1.54, 1.807) is 24.3 Å². The van der Waals surface area contributed by atoms with Crippen molar-refractivity contribution in [1.29, 1.82) is 0 Å². The van der Waals surface area contributed by atoms with Crippen LogP contribution in [0.1, 0.15) is 21.5 Å². The summed E-state index contributed by atoms with van der Waals surface area (Å²) in [4.78, 5) is 33.1. The van der Waals surface area contributed by atoms with E-state index < -0.39 is 10.8 Å². The number of fused-ring (bicyclic) bond motifs is 2. The van der Waals surface area contributed by atoms with E-state index in [4.69, 9.17) is 5.73 Å². The van der Waals surface area contributed by atoms with Gasteiger partial charge in [0.25, 0.3) is 11.6 Å². The number of anilines is 1. The molecule has 0 spiro atoms. The molecule has 35 heavy (non-hydrogen) atoms. The molecule has 0 aliphatic rings. The third-order valence-electron chi connectivity index (χ3n) is 5.40. The zero-order valence-corrected chi connectivity index (χ0v) is 18.3. The monoisotopic (exact) mass is 465 g/mol. The average Bonchev–Trinajstić information content (AvgIpc) is 3.15. The standard InChI is InChI=1S/C25H19N7O3/c26-23-21(25(33)27-14-16-7-2-1-3-8-16)22-24(30-20-12-5-4-11-19(20)29-22)31(23)28-15-17-9-6-10-18(13-17)32(34)35/h1-13,15H,14,26H2,(H,27,33)/b28-15+. The summed E-state index contributed by atoms with van der Waals surface area (Å²) in [6.07, 6.45) is 1.42. The van der Waals surface area contributed by atoms with E-state index in [1.165, 1.54) is 23.0 Å². The topological polar surface area (TPSA) is 141 Å². The summed E-state index contributed by atoms with van der Waals surface area (Å²) in [7, 11) is 0. The van der Waals surface area contributed by atoms with E-state index in [-0.39, 0.29) is 17.1 Å². The van der Waals surface area contributed by atoms with Gasteiger partial charge in [-0.15, -0.1) is 0 Å². The number of hydrogen-bond donors (Lipinski definition) is 2. The van der Waals surface area contributed by atoms with Crippen molar-refractivity contribution in [3.8, 4) is 0 Å². The van der Waals surface area contributed by atoms with Crippen molar-refractivity contribution in [3.63, 3.8) is 0 Å². The van der Waals surface area contributed by atoms with E-state index in [2.05, 4.69) is 20.4 Å². The molecule has 0 radical (unpaired) electrons. The van der Waals surface area contributed by atoms with Crippen molar-refractivity contribution in [2.45, 2.75) is 6.54 Å². The normalized spacial score (nSPS) is 11.3. The number of rotatable bonds is 6. The summed E-state index contributed by atoms with van der Waals surface area (Å²) in [5, 5.41) is 18.4. The van der Waals surface area contributed by atoms with E-state index in [0.717, 1.165) is 5.56 Å². The number of nitrogens with two attached hydrogens (primary N) is 1. The maximum atomic E-state index is 13.2. The fraction of sp³-hybridized carbons (Fsp3) is 0.0400. The molecule has 0 bridgehead atoms. The molecular weight excluding hydrogens is 446 g/mol. The van der Waals surface area contributed by atoms with Gasteiger partial charge in [0, 0.05) is 24.2 Å². The van der Waals surface area contributed by atoms with Crippen LogP contribution in [0.2, 0.25) is 0 Å². The van der Waals surface area contributed by atoms with Crippen LogP contribution < -0.4 is 11.1 Å². The molecule has 2 heterocycles. The largest absolute Gasteiger partial charge is 0.383 e. The number of nitrogens with zero attached hydrogens (tertiary/aromatic N) is 5. The van der Waals surface area contributed by atoms with Crippen molar-refractivity contribution >= 4 is 45.8 Å². The molecule has 5 rings (SSSR count). The molecule has 3 N–H and O–H groups in total. The maximum Gasteiger partial charge on any atom is 0.270 e. The number of nitro benzene ring substituents is 1. The van der Waals surface area contributed by atoms with E-state index in [0.29, 0.717) is 34.3 Å². The maximum absolute atomic E-state index is 13.2. The molecule has 10 nitrogen and oxygen atoms in total. The molecule has 1 amide bonds. The van der Waals surface area contributed by atoms with Gasteiger partial charge in [0.05, 0.1) is 22.2 Å². The zero-order valence-electron chi connectivity index (χ0n) is 18.3. The Morgan fingerprint density at radius 1 is 1.03 bits per heavy atom. The first-order valence-electron chi connectivity index (χ1n) is 10.7. The zero-order chi connectivity index (χ0) is 24.4. The van der Waals surface area contributed by atoms with Crippen LogP contribution in [0.3, 0.4) is 0 Å². The molecule has 0 saturated carbocycles. The molecule has 172 valence electrons. The molecule has 0 aliphatic carbocycles. The number of carbonyl (C=O) groups excluding carboxylic acids is 1. The van der Waals surface area contributed by atoms with E-state index in [9.17, 15) is 14.9 Å². The number of benzene rings is 3. The van der Waals surface area contributed by atoms with Gasteiger partial charge < -0.3 is 11.1 Å². The summed E-state index contributed by atoms with van der Waals surface area (Å²) < 4.78 is 1.32. The lowest BCUT2D eigenvalue weighted by molar-refractivity contribution is -0.384. The highest BCUT2D eigenvalue weighted by molar-refractivity contribution is 6.10. The summed E-state index contributed by atoms with van der Waals surface area (Å²) in [5.74, 6) is -0.354. The van der Waals surface area contributed by atoms with Crippen LogP contribution in [-0.2, 0) is 6.54 Å². The number of para-hydroxylation sites is 2. The Bertz CT molecular complexity index is 1610. The van der Waals surface area contributed by atoms with Gasteiger partial charge in [-0.05, 0) is 17.7 Å². The van der Waals surface area contributed by atoms with Crippen molar-refractivity contribution in [3.05, 3.63) is 106 Å². The number of nitrogens with one attached hydrogen (secondary N) is 1. The van der Waals surface area contributed by atoms with Crippen LogP contribution in [-0.4, -0.2) is 31.7 Å². The first-order chi connectivity index (χ1) is 17.0. The van der Waals surface area contributed by atoms with Gasteiger partial charge in [0.15, 0.2) is 5.65 Å². The van der Waals surface area contributed by atoms with Crippen molar-refractivity contribution < 1.29 is 9.72 Å². The predicted molar refractivity (Wildman–Crippen MR) is 133 cm³/mol. The minimum absolute atomic E-state index is 0.0579. The van der Waals surface area contributed by atoms with Gasteiger partial charge in [0.2, 0.25) is 0 Å². The molecular formula is C25H19N7O3. The average molecular weight is 465 g/mol. The second-order valence-electron chi connectivity index (χ2n) is 7.72. The number of amides is 1. The lowest BCUT2D eigenvalue weighted by Gasteiger charge is -2.05. The molecule has 10 heteroatoms. The first-order valence-corrected chi connectivity index (χ1v) is 10.7. The van der Waals surface area contributed by atoms with Gasteiger partial charge >= 0.3 is 0 Å². The molecule has 0 unspecified atom stereocenters. The third-order valence-corrected chi connectivity index (χ3v) is 5.40. The summed E-state index contributed by atoms with van der Waals surface area (Å²) in [6.45, 7) is 0.309. The Labute approximate surface area is 198 Å². The fourth-order valence-corrected chi connectivity index (χ4v) is 3.70. The minimum atomic E-state index is -0.483. The smallest absolute Gasteiger partial charge is 0.270 e. The molecule has 0 atom stereocenters. The summed E-state index contributed by atoms with van der Waals surface area (Å²) in [5.41, 5.74) is 9.74. The number of hydrogen-bond acceptors (Lipinski definition) is 7. The molecule has 0 saturated heterocycles. The highest BCUT2D eigenvalue weighted by atomic mass is 16.6. The highest BCUT2D eigenvalue weighted by Gasteiger charge is 2.24. The number of nitro groups is 1. The summed E-state index contributed by atoms with van der Waals surface area (Å²) in [6, 6.07) is 22.8. The SMILES string of the molecule is Nc1c(C(=O)NCc2ccccc2)c2nc3ccccc3nc2n1/N=C/c1cccc([N+](=O)[O-])c1. The Morgan fingerprint density at radius 3 is 2.49 bits per heavy atom. The van der Waals surface area contributed by atoms with Gasteiger partial charge in [-0.2, -0.15) is 9.78 Å². The van der Waals surface area contributed by atoms with Crippen LogP contribution in [0.25, 0.3) is 22.2 Å². The molecule has 5 aromatic rings. The van der Waals surface area contributed by atoms with E-state index >= 15 is 0 Å². The highest BCUT2D eigenvalue weighted by Crippen LogP contribution is 2.28. The Morgan fingerprint density at radius 2 is 1.74 bits per heavy atom. The molecule has 3 aromatic carbocycles. The number of carbonyl (C=O) groups is 1. The van der Waals surface area contributed by atoms with Gasteiger partial charge in [-0.25, -0.2) is 9.97 Å². The third kappa shape index (κ3) is 4.27. The second kappa shape index (κ2) is 9.02. The van der Waals surface area contributed by atoms with Crippen LogP contribution in [0.4, 0.5) is 11.5 Å². The van der Waals surface area contributed by atoms with Crippen molar-refractivity contribution in [2.75, 3.05) is 5.73 Å². The number of non-ortho nitro benzene ring substituents is 1. The lowest BCUT2D eigenvalue weighted by atomic mass is 10.2. The van der Waals surface area contributed by atoms with Gasteiger partial charge in [-0.3, -0.25) is 14.9 Å². The Balaban J connectivity index is 1.59. The second-order valence-corrected chi connectivity index (χ2v) is 7.72. The molecule has 2 aromatic heterocycles. The number of aromatic nitrogens is 3. The Hall–Kier alpha value is -5.12. The Kier molecular flexibility index (Phi) is 5.60. The van der Waals surface area contributed by atoms with Gasteiger partial charge in [-0.1, -0.05) is 54.6 Å². The van der Waals surface area contributed by atoms with Crippen molar-refractivity contribution in [1.82, 2.24) is 20.0 Å².